The molecule has 0 saturated carbocycles. The van der Waals surface area contributed by atoms with E-state index in [0.29, 0.717) is 39.1 Å². The van der Waals surface area contributed by atoms with Crippen LogP contribution in [-0.2, 0) is 20.7 Å². The van der Waals surface area contributed by atoms with Crippen LogP contribution >= 0.6 is 0 Å². The van der Waals surface area contributed by atoms with Gasteiger partial charge in [-0.05, 0) is 24.8 Å². The number of methoxy groups -OCH3 is 1. The number of nitrogens with one attached hydrogen (secondary N) is 1. The first-order valence-corrected chi connectivity index (χ1v) is 8.29. The molecule has 1 saturated heterocycles. The zero-order chi connectivity index (χ0) is 16.5. The van der Waals surface area contributed by atoms with Gasteiger partial charge >= 0.3 is 0 Å². The summed E-state index contributed by atoms with van der Waals surface area (Å²) >= 11 is 0. The lowest BCUT2D eigenvalue weighted by Crippen LogP contribution is -2.46. The van der Waals surface area contributed by atoms with Gasteiger partial charge in [-0.3, -0.25) is 9.59 Å². The minimum atomic E-state index is -0.0960. The molecule has 126 valence electrons. The molecule has 0 aliphatic carbocycles. The SMILES string of the molecule is COCCN1CC(C(=O)NCCCc2ccccc2)CCC1=O. The molecule has 1 aliphatic rings. The first-order chi connectivity index (χ1) is 11.2. The number of nitrogens with zero attached hydrogens (tertiary/aromatic N) is 1. The third kappa shape index (κ3) is 5.67. The standard InChI is InChI=1S/C18H26N2O3/c1-23-13-12-20-14-16(9-10-17(20)21)18(22)19-11-5-8-15-6-3-2-4-7-15/h2-4,6-7,16H,5,8-14H2,1H3,(H,19,22). The van der Waals surface area contributed by atoms with E-state index in [1.54, 1.807) is 12.0 Å². The number of piperidine rings is 1. The molecule has 0 aromatic heterocycles. The van der Waals surface area contributed by atoms with Crippen molar-refractivity contribution in [2.24, 2.45) is 5.92 Å². The number of carbonyl (C=O) groups excluding carboxylic acids is 2. The molecule has 23 heavy (non-hydrogen) atoms. The van der Waals surface area contributed by atoms with Crippen molar-refractivity contribution in [2.75, 3.05) is 33.4 Å². The molecule has 5 heteroatoms. The third-order valence-electron chi connectivity index (χ3n) is 4.22. The monoisotopic (exact) mass is 318 g/mol. The summed E-state index contributed by atoms with van der Waals surface area (Å²) in [6, 6.07) is 10.3. The van der Waals surface area contributed by atoms with Gasteiger partial charge in [-0.25, -0.2) is 0 Å². The summed E-state index contributed by atoms with van der Waals surface area (Å²) in [4.78, 5) is 25.8. The number of rotatable bonds is 8. The van der Waals surface area contributed by atoms with Crippen molar-refractivity contribution in [2.45, 2.75) is 25.7 Å². The largest absolute Gasteiger partial charge is 0.383 e. The van der Waals surface area contributed by atoms with Crippen molar-refractivity contribution in [3.8, 4) is 0 Å². The van der Waals surface area contributed by atoms with Crippen molar-refractivity contribution in [3.63, 3.8) is 0 Å². The van der Waals surface area contributed by atoms with Crippen LogP contribution in [0.15, 0.2) is 30.3 Å². The molecule has 0 bridgehead atoms. The number of aryl methyl sites for hydroxylation is 1. The van der Waals surface area contributed by atoms with Gasteiger partial charge in [0.25, 0.3) is 0 Å². The predicted octanol–water partition coefficient (Wildman–Crippen LogP) is 1.62. The van der Waals surface area contributed by atoms with Gasteiger partial charge in [-0.15, -0.1) is 0 Å². The highest BCUT2D eigenvalue weighted by Crippen LogP contribution is 2.17. The number of hydrogen-bond donors (Lipinski definition) is 1. The second kappa shape index (κ2) is 9.30. The maximum Gasteiger partial charge on any atom is 0.224 e. The van der Waals surface area contributed by atoms with E-state index >= 15 is 0 Å². The van der Waals surface area contributed by atoms with Crippen LogP contribution in [0.25, 0.3) is 0 Å². The van der Waals surface area contributed by atoms with Gasteiger partial charge in [0, 0.05) is 33.2 Å². The van der Waals surface area contributed by atoms with Crippen LogP contribution in [0.1, 0.15) is 24.8 Å². The predicted molar refractivity (Wildman–Crippen MR) is 89.0 cm³/mol. The molecule has 1 heterocycles. The van der Waals surface area contributed by atoms with Gasteiger partial charge in [0.1, 0.15) is 0 Å². The molecular weight excluding hydrogens is 292 g/mol. The number of benzene rings is 1. The molecule has 1 aromatic carbocycles. The molecule has 1 fully saturated rings. The first kappa shape index (κ1) is 17.5. The molecular formula is C18H26N2O3. The fourth-order valence-corrected chi connectivity index (χ4v) is 2.84. The highest BCUT2D eigenvalue weighted by Gasteiger charge is 2.29. The minimum absolute atomic E-state index is 0.0629. The molecule has 0 radical (unpaired) electrons. The Bertz CT molecular complexity index is 504. The van der Waals surface area contributed by atoms with E-state index in [-0.39, 0.29) is 17.7 Å². The number of likely N-dealkylation sites (tertiary alicyclic amines) is 1. The van der Waals surface area contributed by atoms with Gasteiger partial charge in [0.2, 0.25) is 11.8 Å². The zero-order valence-electron chi connectivity index (χ0n) is 13.8. The Labute approximate surface area is 138 Å². The Morgan fingerprint density at radius 2 is 2.13 bits per heavy atom. The van der Waals surface area contributed by atoms with E-state index in [1.807, 2.05) is 18.2 Å². The quantitative estimate of drug-likeness (QED) is 0.741. The minimum Gasteiger partial charge on any atom is -0.383 e. The topological polar surface area (TPSA) is 58.6 Å². The molecule has 1 aliphatic heterocycles. The van der Waals surface area contributed by atoms with Crippen molar-refractivity contribution in [1.29, 1.82) is 0 Å². The van der Waals surface area contributed by atoms with Crippen molar-refractivity contribution in [1.82, 2.24) is 10.2 Å². The molecule has 0 spiro atoms. The summed E-state index contributed by atoms with van der Waals surface area (Å²) in [5.41, 5.74) is 1.29. The molecule has 5 nitrogen and oxygen atoms in total. The normalized spacial score (nSPS) is 18.0. The number of amides is 2. The van der Waals surface area contributed by atoms with E-state index in [4.69, 9.17) is 4.74 Å². The fraction of sp³-hybridized carbons (Fsp3) is 0.556. The van der Waals surface area contributed by atoms with E-state index < -0.39 is 0 Å². The Morgan fingerprint density at radius 1 is 1.35 bits per heavy atom. The van der Waals surface area contributed by atoms with E-state index in [1.165, 1.54) is 5.56 Å². The van der Waals surface area contributed by atoms with Crippen LogP contribution < -0.4 is 5.32 Å². The van der Waals surface area contributed by atoms with Crippen molar-refractivity contribution < 1.29 is 14.3 Å². The van der Waals surface area contributed by atoms with E-state index in [2.05, 4.69) is 17.4 Å². The third-order valence-corrected chi connectivity index (χ3v) is 4.22. The fourth-order valence-electron chi connectivity index (χ4n) is 2.84. The second-order valence-electron chi connectivity index (χ2n) is 5.95. The Morgan fingerprint density at radius 3 is 2.87 bits per heavy atom. The summed E-state index contributed by atoms with van der Waals surface area (Å²) in [5.74, 6) is 0.0874. The van der Waals surface area contributed by atoms with Crippen molar-refractivity contribution >= 4 is 11.8 Å². The van der Waals surface area contributed by atoms with Crippen molar-refractivity contribution in [3.05, 3.63) is 35.9 Å². The van der Waals surface area contributed by atoms with E-state index in [9.17, 15) is 9.59 Å². The van der Waals surface area contributed by atoms with Crippen LogP contribution in [0.5, 0.6) is 0 Å². The Kier molecular flexibility index (Phi) is 7.07. The van der Waals surface area contributed by atoms with Crippen LogP contribution in [0.3, 0.4) is 0 Å². The molecule has 1 aromatic rings. The van der Waals surface area contributed by atoms with Gasteiger partial charge in [0.05, 0.1) is 12.5 Å². The molecule has 1 unspecified atom stereocenters. The van der Waals surface area contributed by atoms with Gasteiger partial charge < -0.3 is 15.0 Å². The zero-order valence-corrected chi connectivity index (χ0v) is 13.8. The Balaban J connectivity index is 1.69. The summed E-state index contributed by atoms with van der Waals surface area (Å²) < 4.78 is 5.02. The first-order valence-electron chi connectivity index (χ1n) is 8.29. The average Bonchev–Trinajstić information content (AvgIpc) is 2.58. The summed E-state index contributed by atoms with van der Waals surface area (Å²) in [7, 11) is 1.62. The summed E-state index contributed by atoms with van der Waals surface area (Å²) in [6.45, 7) is 2.26. The molecule has 2 amide bonds. The summed E-state index contributed by atoms with van der Waals surface area (Å²) in [6.07, 6.45) is 2.98. The smallest absolute Gasteiger partial charge is 0.224 e. The lowest BCUT2D eigenvalue weighted by Gasteiger charge is -2.31. The lowest BCUT2D eigenvalue weighted by molar-refractivity contribution is -0.138. The highest BCUT2D eigenvalue weighted by atomic mass is 16.5. The van der Waals surface area contributed by atoms with Crippen LogP contribution in [0.4, 0.5) is 0 Å². The maximum absolute atomic E-state index is 12.3. The van der Waals surface area contributed by atoms with Crippen LogP contribution in [0, 0.1) is 5.92 Å². The van der Waals surface area contributed by atoms with E-state index in [0.717, 1.165) is 12.8 Å². The maximum atomic E-state index is 12.3. The number of hydrogen-bond acceptors (Lipinski definition) is 3. The molecule has 1 N–H and O–H groups in total. The van der Waals surface area contributed by atoms with Gasteiger partial charge in [-0.1, -0.05) is 30.3 Å². The number of ether oxygens (including phenoxy) is 1. The highest BCUT2D eigenvalue weighted by molar-refractivity contribution is 5.83. The molecule has 1 atom stereocenters. The molecule has 2 rings (SSSR count). The van der Waals surface area contributed by atoms with Crippen LogP contribution in [-0.4, -0.2) is 50.1 Å². The Hall–Kier alpha value is -1.88. The van der Waals surface area contributed by atoms with Gasteiger partial charge in [-0.2, -0.15) is 0 Å². The summed E-state index contributed by atoms with van der Waals surface area (Å²) in [5, 5.41) is 3.01. The van der Waals surface area contributed by atoms with Gasteiger partial charge in [0.15, 0.2) is 0 Å². The number of carbonyl (C=O) groups is 2. The van der Waals surface area contributed by atoms with Crippen LogP contribution in [0.2, 0.25) is 0 Å². The average molecular weight is 318 g/mol. The second-order valence-corrected chi connectivity index (χ2v) is 5.95. The lowest BCUT2D eigenvalue weighted by atomic mass is 9.96.